The molecule has 0 radical (unpaired) electrons. The van der Waals surface area contributed by atoms with Crippen LogP contribution in [0.2, 0.25) is 0 Å². The maximum atomic E-state index is 12.4. The minimum atomic E-state index is -0.451. The molecule has 3 aromatic rings. The van der Waals surface area contributed by atoms with Crippen LogP contribution in [0.3, 0.4) is 0 Å². The molecule has 1 aliphatic heterocycles. The minimum Gasteiger partial charge on any atom is -0.489 e. The Balaban J connectivity index is 1.47. The molecule has 0 spiro atoms. The highest BCUT2D eigenvalue weighted by Gasteiger charge is 2.28. The number of ketones is 1. The molecule has 7 nitrogen and oxygen atoms in total. The molecule has 27 heavy (non-hydrogen) atoms. The lowest BCUT2D eigenvalue weighted by Crippen LogP contribution is -1.97. The lowest BCUT2D eigenvalue weighted by Gasteiger charge is -2.07. The van der Waals surface area contributed by atoms with Gasteiger partial charge < -0.3 is 13.9 Å². The second-order valence-electron chi connectivity index (χ2n) is 5.83. The second kappa shape index (κ2) is 6.80. The normalized spacial score (nSPS) is 14.1. The second-order valence-corrected chi connectivity index (χ2v) is 5.83. The Morgan fingerprint density at radius 3 is 2.63 bits per heavy atom. The SMILES string of the molecule is O=C1C(=Cc2ccco2)Oc2cc(OCc3ccc([N+](=O)[O-])cc3)ccc21. The summed E-state index contributed by atoms with van der Waals surface area (Å²) in [5, 5.41) is 10.7. The molecule has 2 aromatic carbocycles. The van der Waals surface area contributed by atoms with Gasteiger partial charge in [0.05, 0.1) is 16.7 Å². The van der Waals surface area contributed by atoms with Crippen molar-refractivity contribution in [1.82, 2.24) is 0 Å². The average Bonchev–Trinajstić information content (AvgIpc) is 3.29. The van der Waals surface area contributed by atoms with Crippen molar-refractivity contribution in [2.75, 3.05) is 0 Å². The molecule has 7 heteroatoms. The van der Waals surface area contributed by atoms with Crippen LogP contribution >= 0.6 is 0 Å². The number of rotatable bonds is 5. The van der Waals surface area contributed by atoms with Gasteiger partial charge in [-0.2, -0.15) is 0 Å². The highest BCUT2D eigenvalue weighted by atomic mass is 16.6. The monoisotopic (exact) mass is 363 g/mol. The van der Waals surface area contributed by atoms with E-state index in [9.17, 15) is 14.9 Å². The van der Waals surface area contributed by atoms with Gasteiger partial charge in [0.15, 0.2) is 5.76 Å². The van der Waals surface area contributed by atoms with Gasteiger partial charge in [0.1, 0.15) is 23.9 Å². The molecule has 0 fully saturated rings. The summed E-state index contributed by atoms with van der Waals surface area (Å²) < 4.78 is 16.5. The molecule has 0 bridgehead atoms. The number of nitro groups is 1. The molecule has 2 heterocycles. The molecular formula is C20H13NO6. The van der Waals surface area contributed by atoms with E-state index in [2.05, 4.69) is 0 Å². The van der Waals surface area contributed by atoms with Gasteiger partial charge in [-0.25, -0.2) is 0 Å². The Morgan fingerprint density at radius 1 is 1.11 bits per heavy atom. The summed E-state index contributed by atoms with van der Waals surface area (Å²) in [4.78, 5) is 22.6. The van der Waals surface area contributed by atoms with Crippen LogP contribution < -0.4 is 9.47 Å². The van der Waals surface area contributed by atoms with Crippen molar-refractivity contribution >= 4 is 17.5 Å². The van der Waals surface area contributed by atoms with E-state index in [4.69, 9.17) is 13.9 Å². The summed E-state index contributed by atoms with van der Waals surface area (Å²) in [6, 6.07) is 14.5. The molecule has 0 aliphatic carbocycles. The average molecular weight is 363 g/mol. The van der Waals surface area contributed by atoms with Crippen LogP contribution in [0.5, 0.6) is 11.5 Å². The Morgan fingerprint density at radius 2 is 1.93 bits per heavy atom. The molecule has 0 amide bonds. The van der Waals surface area contributed by atoms with E-state index in [1.807, 2.05) is 0 Å². The molecule has 0 N–H and O–H groups in total. The van der Waals surface area contributed by atoms with Gasteiger partial charge in [0, 0.05) is 24.3 Å². The molecular weight excluding hydrogens is 350 g/mol. The number of furan rings is 1. The van der Waals surface area contributed by atoms with Gasteiger partial charge in [-0.1, -0.05) is 0 Å². The Labute approximate surface area is 153 Å². The van der Waals surface area contributed by atoms with Crippen molar-refractivity contribution < 1.29 is 23.6 Å². The van der Waals surface area contributed by atoms with Crippen molar-refractivity contribution in [3.8, 4) is 11.5 Å². The Bertz CT molecular complexity index is 1030. The maximum absolute atomic E-state index is 12.4. The van der Waals surface area contributed by atoms with E-state index in [-0.39, 0.29) is 23.8 Å². The number of hydrogen-bond donors (Lipinski definition) is 0. The number of fused-ring (bicyclic) bond motifs is 1. The quantitative estimate of drug-likeness (QED) is 0.379. The van der Waals surface area contributed by atoms with Crippen LogP contribution in [-0.4, -0.2) is 10.7 Å². The first-order valence-electron chi connectivity index (χ1n) is 8.08. The fourth-order valence-electron chi connectivity index (χ4n) is 2.64. The molecule has 4 rings (SSSR count). The van der Waals surface area contributed by atoms with Crippen LogP contribution in [0.4, 0.5) is 5.69 Å². The zero-order valence-electron chi connectivity index (χ0n) is 14.0. The minimum absolute atomic E-state index is 0.0269. The fraction of sp³-hybridized carbons (Fsp3) is 0.0500. The number of non-ortho nitro benzene ring substituents is 1. The number of carbonyl (C=O) groups is 1. The summed E-state index contributed by atoms with van der Waals surface area (Å²) in [5.41, 5.74) is 1.27. The van der Waals surface area contributed by atoms with E-state index in [0.29, 0.717) is 22.8 Å². The lowest BCUT2D eigenvalue weighted by molar-refractivity contribution is -0.384. The van der Waals surface area contributed by atoms with E-state index < -0.39 is 4.92 Å². The Hall–Kier alpha value is -3.87. The molecule has 1 aliphatic rings. The van der Waals surface area contributed by atoms with Crippen LogP contribution in [0.15, 0.2) is 71.0 Å². The molecule has 0 saturated carbocycles. The first-order valence-corrected chi connectivity index (χ1v) is 8.08. The first kappa shape index (κ1) is 16.6. The van der Waals surface area contributed by atoms with E-state index in [1.165, 1.54) is 18.4 Å². The molecule has 0 saturated heterocycles. The molecule has 0 unspecified atom stereocenters. The Kier molecular flexibility index (Phi) is 4.18. The molecule has 1 aromatic heterocycles. The van der Waals surface area contributed by atoms with Gasteiger partial charge in [-0.05, 0) is 42.0 Å². The number of Topliss-reactive ketones (excluding diaryl/α,β-unsaturated/α-hetero) is 1. The number of hydrogen-bond acceptors (Lipinski definition) is 6. The fourth-order valence-corrected chi connectivity index (χ4v) is 2.64. The number of nitrogens with zero attached hydrogens (tertiary/aromatic N) is 1. The van der Waals surface area contributed by atoms with E-state index in [1.54, 1.807) is 48.5 Å². The zero-order valence-corrected chi connectivity index (χ0v) is 14.0. The van der Waals surface area contributed by atoms with E-state index in [0.717, 1.165) is 5.56 Å². The molecule has 0 atom stereocenters. The third-order valence-electron chi connectivity index (χ3n) is 4.01. The smallest absolute Gasteiger partial charge is 0.269 e. The largest absolute Gasteiger partial charge is 0.489 e. The standard InChI is InChI=1S/C20H13NO6/c22-20-17-8-7-16(26-12-13-3-5-14(6-4-13)21(23)24)10-18(17)27-19(20)11-15-2-1-9-25-15/h1-11H,12H2. The first-order chi connectivity index (χ1) is 13.1. The number of allylic oxidation sites excluding steroid dienone is 1. The number of ether oxygens (including phenoxy) is 2. The maximum Gasteiger partial charge on any atom is 0.269 e. The predicted octanol–water partition coefficient (Wildman–Crippen LogP) is 4.38. The third kappa shape index (κ3) is 3.43. The van der Waals surface area contributed by atoms with Gasteiger partial charge in [-0.15, -0.1) is 0 Å². The summed E-state index contributed by atoms with van der Waals surface area (Å²) in [7, 11) is 0. The summed E-state index contributed by atoms with van der Waals surface area (Å²) in [6.45, 7) is 0.236. The van der Waals surface area contributed by atoms with Gasteiger partial charge >= 0.3 is 0 Å². The van der Waals surface area contributed by atoms with Crippen molar-refractivity contribution in [2.45, 2.75) is 6.61 Å². The summed E-state index contributed by atoms with van der Waals surface area (Å²) in [6.07, 6.45) is 3.06. The van der Waals surface area contributed by atoms with Crippen LogP contribution in [0, 0.1) is 10.1 Å². The number of nitro benzene ring substituents is 1. The van der Waals surface area contributed by atoms with Gasteiger partial charge in [-0.3, -0.25) is 14.9 Å². The summed E-state index contributed by atoms with van der Waals surface area (Å²) in [5.74, 6) is 1.44. The number of benzene rings is 2. The number of carbonyl (C=O) groups excluding carboxylic acids is 1. The van der Waals surface area contributed by atoms with E-state index >= 15 is 0 Å². The van der Waals surface area contributed by atoms with Crippen molar-refractivity contribution in [3.05, 3.63) is 93.6 Å². The van der Waals surface area contributed by atoms with Crippen molar-refractivity contribution in [3.63, 3.8) is 0 Å². The highest BCUT2D eigenvalue weighted by molar-refractivity contribution is 6.14. The van der Waals surface area contributed by atoms with Gasteiger partial charge in [0.2, 0.25) is 5.78 Å². The van der Waals surface area contributed by atoms with Crippen LogP contribution in [0.25, 0.3) is 6.08 Å². The van der Waals surface area contributed by atoms with Crippen molar-refractivity contribution in [2.24, 2.45) is 0 Å². The van der Waals surface area contributed by atoms with Gasteiger partial charge in [0.25, 0.3) is 5.69 Å². The molecule has 134 valence electrons. The van der Waals surface area contributed by atoms with Crippen LogP contribution in [-0.2, 0) is 6.61 Å². The third-order valence-corrected chi connectivity index (χ3v) is 4.01. The predicted molar refractivity (Wildman–Crippen MR) is 95.5 cm³/mol. The lowest BCUT2D eigenvalue weighted by atomic mass is 10.1. The zero-order chi connectivity index (χ0) is 18.8. The van der Waals surface area contributed by atoms with Crippen LogP contribution in [0.1, 0.15) is 21.7 Å². The van der Waals surface area contributed by atoms with Crippen molar-refractivity contribution in [1.29, 1.82) is 0 Å². The topological polar surface area (TPSA) is 91.8 Å². The highest BCUT2D eigenvalue weighted by Crippen LogP contribution is 2.35. The summed E-state index contributed by atoms with van der Waals surface area (Å²) >= 11 is 0.